The number of halogens is 3. The first-order valence-electron chi connectivity index (χ1n) is 7.10. The molecule has 7 heteroatoms. The molecule has 1 aromatic heterocycles. The highest BCUT2D eigenvalue weighted by Crippen LogP contribution is 2.27. The zero-order valence-electron chi connectivity index (χ0n) is 12.4. The minimum absolute atomic E-state index is 0.173. The molecule has 24 heavy (non-hydrogen) atoms. The van der Waals surface area contributed by atoms with E-state index in [9.17, 15) is 0 Å². The first-order chi connectivity index (χ1) is 11.5. The van der Waals surface area contributed by atoms with Gasteiger partial charge in [0.1, 0.15) is 5.82 Å². The quantitative estimate of drug-likeness (QED) is 0.641. The SMILES string of the molecule is Nc1nc(Cc2c(Cl)cccc2Cl)cc(Nc2ccc(Cl)cc2)n1. The van der Waals surface area contributed by atoms with Gasteiger partial charge in [-0.3, -0.25) is 0 Å². The van der Waals surface area contributed by atoms with Gasteiger partial charge in [0.25, 0.3) is 0 Å². The summed E-state index contributed by atoms with van der Waals surface area (Å²) in [5, 5.41) is 5.01. The number of aromatic nitrogens is 2. The van der Waals surface area contributed by atoms with E-state index in [1.807, 2.05) is 18.2 Å². The largest absolute Gasteiger partial charge is 0.368 e. The highest BCUT2D eigenvalue weighted by Gasteiger charge is 2.10. The minimum atomic E-state index is 0.173. The summed E-state index contributed by atoms with van der Waals surface area (Å²) in [7, 11) is 0. The lowest BCUT2D eigenvalue weighted by Crippen LogP contribution is -2.04. The number of benzene rings is 2. The number of nitrogens with one attached hydrogen (secondary N) is 1. The van der Waals surface area contributed by atoms with E-state index in [1.165, 1.54) is 0 Å². The Bertz CT molecular complexity index is 846. The van der Waals surface area contributed by atoms with Crippen molar-refractivity contribution in [2.24, 2.45) is 0 Å². The number of hydrogen-bond acceptors (Lipinski definition) is 4. The van der Waals surface area contributed by atoms with Gasteiger partial charge in [-0.25, -0.2) is 4.98 Å². The van der Waals surface area contributed by atoms with Crippen LogP contribution in [0.3, 0.4) is 0 Å². The normalized spacial score (nSPS) is 10.6. The Balaban J connectivity index is 1.87. The molecule has 122 valence electrons. The van der Waals surface area contributed by atoms with E-state index < -0.39 is 0 Å². The predicted molar refractivity (Wildman–Crippen MR) is 100 cm³/mol. The van der Waals surface area contributed by atoms with Gasteiger partial charge in [0.05, 0.1) is 5.69 Å². The Morgan fingerprint density at radius 2 is 1.58 bits per heavy atom. The van der Waals surface area contributed by atoms with Gasteiger partial charge in [-0.05, 0) is 42.0 Å². The molecule has 3 rings (SSSR count). The van der Waals surface area contributed by atoms with Gasteiger partial charge >= 0.3 is 0 Å². The van der Waals surface area contributed by atoms with Crippen LogP contribution < -0.4 is 11.1 Å². The van der Waals surface area contributed by atoms with Crippen molar-refractivity contribution in [2.75, 3.05) is 11.1 Å². The van der Waals surface area contributed by atoms with E-state index in [0.29, 0.717) is 33.0 Å². The number of nitrogen functional groups attached to an aromatic ring is 1. The summed E-state index contributed by atoms with van der Waals surface area (Å²) in [5.74, 6) is 0.759. The Morgan fingerprint density at radius 1 is 0.917 bits per heavy atom. The lowest BCUT2D eigenvalue weighted by molar-refractivity contribution is 1.04. The molecule has 1 heterocycles. The number of anilines is 3. The van der Waals surface area contributed by atoms with Gasteiger partial charge in [0.2, 0.25) is 5.95 Å². The maximum absolute atomic E-state index is 6.22. The molecule has 4 nitrogen and oxygen atoms in total. The van der Waals surface area contributed by atoms with E-state index >= 15 is 0 Å². The molecular formula is C17H13Cl3N4. The van der Waals surface area contributed by atoms with Gasteiger partial charge in [0, 0.05) is 33.2 Å². The molecule has 0 saturated carbocycles. The van der Waals surface area contributed by atoms with Crippen LogP contribution in [0, 0.1) is 0 Å². The lowest BCUT2D eigenvalue weighted by atomic mass is 10.1. The van der Waals surface area contributed by atoms with E-state index in [4.69, 9.17) is 40.5 Å². The lowest BCUT2D eigenvalue weighted by Gasteiger charge is -2.10. The second-order valence-corrected chi connectivity index (χ2v) is 6.36. The van der Waals surface area contributed by atoms with Crippen molar-refractivity contribution >= 4 is 52.3 Å². The highest BCUT2D eigenvalue weighted by molar-refractivity contribution is 6.36. The van der Waals surface area contributed by atoms with Gasteiger partial charge in [-0.15, -0.1) is 0 Å². The molecule has 0 bridgehead atoms. The molecule has 0 unspecified atom stereocenters. The Labute approximate surface area is 154 Å². The third kappa shape index (κ3) is 4.09. The Kier molecular flexibility index (Phi) is 5.09. The highest BCUT2D eigenvalue weighted by atomic mass is 35.5. The van der Waals surface area contributed by atoms with Crippen molar-refractivity contribution in [3.05, 3.63) is 74.9 Å². The summed E-state index contributed by atoms with van der Waals surface area (Å²) in [6.45, 7) is 0. The molecule has 0 saturated heterocycles. The third-order valence-corrected chi connectivity index (χ3v) is 4.29. The molecule has 0 amide bonds. The topological polar surface area (TPSA) is 63.8 Å². The van der Waals surface area contributed by atoms with Gasteiger partial charge in [0.15, 0.2) is 0 Å². The average Bonchev–Trinajstić information content (AvgIpc) is 2.53. The molecule has 0 aliphatic rings. The number of nitrogens with two attached hydrogens (primary N) is 1. The van der Waals surface area contributed by atoms with Crippen LogP contribution >= 0.6 is 34.8 Å². The molecule has 2 aromatic carbocycles. The summed E-state index contributed by atoms with van der Waals surface area (Å²) in [6.07, 6.45) is 0.459. The average molecular weight is 380 g/mol. The minimum Gasteiger partial charge on any atom is -0.368 e. The van der Waals surface area contributed by atoms with Crippen molar-refractivity contribution in [1.82, 2.24) is 9.97 Å². The fourth-order valence-corrected chi connectivity index (χ4v) is 2.89. The van der Waals surface area contributed by atoms with Crippen molar-refractivity contribution in [3.63, 3.8) is 0 Å². The third-order valence-electron chi connectivity index (χ3n) is 3.33. The van der Waals surface area contributed by atoms with Crippen LogP contribution in [0.4, 0.5) is 17.5 Å². The molecular weight excluding hydrogens is 367 g/mol. The maximum Gasteiger partial charge on any atom is 0.222 e. The number of nitrogens with zero attached hydrogens (tertiary/aromatic N) is 2. The number of rotatable bonds is 4. The van der Waals surface area contributed by atoms with Gasteiger partial charge in [-0.1, -0.05) is 40.9 Å². The first-order valence-corrected chi connectivity index (χ1v) is 8.23. The molecule has 0 atom stereocenters. The zero-order chi connectivity index (χ0) is 17.1. The summed E-state index contributed by atoms with van der Waals surface area (Å²) in [6, 6.07) is 14.5. The summed E-state index contributed by atoms with van der Waals surface area (Å²) in [5.41, 5.74) is 8.18. The summed E-state index contributed by atoms with van der Waals surface area (Å²) < 4.78 is 0. The van der Waals surface area contributed by atoms with Crippen LogP contribution in [0.15, 0.2) is 48.5 Å². The van der Waals surface area contributed by atoms with E-state index in [0.717, 1.165) is 11.3 Å². The van der Waals surface area contributed by atoms with Crippen molar-refractivity contribution in [3.8, 4) is 0 Å². The monoisotopic (exact) mass is 378 g/mol. The van der Waals surface area contributed by atoms with Gasteiger partial charge in [-0.2, -0.15) is 4.98 Å². The fourth-order valence-electron chi connectivity index (χ4n) is 2.24. The van der Waals surface area contributed by atoms with Crippen LogP contribution in [0.2, 0.25) is 15.1 Å². The molecule has 3 N–H and O–H groups in total. The number of hydrogen-bond donors (Lipinski definition) is 2. The fraction of sp³-hybridized carbons (Fsp3) is 0.0588. The zero-order valence-corrected chi connectivity index (χ0v) is 14.7. The summed E-state index contributed by atoms with van der Waals surface area (Å²) in [4.78, 5) is 8.45. The Morgan fingerprint density at radius 3 is 2.25 bits per heavy atom. The second-order valence-electron chi connectivity index (χ2n) is 5.11. The van der Waals surface area contributed by atoms with Crippen molar-refractivity contribution in [1.29, 1.82) is 0 Å². The maximum atomic E-state index is 6.22. The summed E-state index contributed by atoms with van der Waals surface area (Å²) >= 11 is 18.3. The molecule has 0 aliphatic carbocycles. The van der Waals surface area contributed by atoms with Crippen LogP contribution in [-0.4, -0.2) is 9.97 Å². The van der Waals surface area contributed by atoms with Crippen LogP contribution in [0.25, 0.3) is 0 Å². The van der Waals surface area contributed by atoms with E-state index in [1.54, 1.807) is 30.3 Å². The Hall–Kier alpha value is -2.01. The smallest absolute Gasteiger partial charge is 0.222 e. The van der Waals surface area contributed by atoms with E-state index in [2.05, 4.69) is 15.3 Å². The second kappa shape index (κ2) is 7.26. The van der Waals surface area contributed by atoms with Crippen LogP contribution in [-0.2, 0) is 6.42 Å². The predicted octanol–water partition coefficient (Wildman–Crippen LogP) is 5.35. The van der Waals surface area contributed by atoms with Crippen molar-refractivity contribution in [2.45, 2.75) is 6.42 Å². The van der Waals surface area contributed by atoms with Crippen LogP contribution in [0.5, 0.6) is 0 Å². The first kappa shape index (κ1) is 16.8. The molecule has 0 fully saturated rings. The molecule has 0 aliphatic heterocycles. The molecule has 0 spiro atoms. The van der Waals surface area contributed by atoms with Gasteiger partial charge < -0.3 is 11.1 Å². The molecule has 0 radical (unpaired) electrons. The van der Waals surface area contributed by atoms with Crippen LogP contribution in [0.1, 0.15) is 11.3 Å². The molecule has 3 aromatic rings. The van der Waals surface area contributed by atoms with E-state index in [-0.39, 0.29) is 5.95 Å². The van der Waals surface area contributed by atoms with Crippen molar-refractivity contribution < 1.29 is 0 Å². The standard InChI is InChI=1S/C17H13Cl3N4/c18-10-4-6-11(7-5-10)22-16-9-12(23-17(21)24-16)8-13-14(19)2-1-3-15(13)20/h1-7,9H,8H2,(H3,21,22,23,24).